The van der Waals surface area contributed by atoms with Crippen molar-refractivity contribution in [2.75, 3.05) is 46.5 Å². The Kier molecular flexibility index (Phi) is 8.00. The highest BCUT2D eigenvalue weighted by Crippen LogP contribution is 2.40. The topological polar surface area (TPSA) is 79.4 Å². The number of thiazole rings is 1. The highest BCUT2D eigenvalue weighted by molar-refractivity contribution is 7.23. The summed E-state index contributed by atoms with van der Waals surface area (Å²) in [4.78, 5) is 19.8. The Bertz CT molecular complexity index is 1210. The van der Waals surface area contributed by atoms with Gasteiger partial charge in [-0.3, -0.25) is 9.69 Å². The molecule has 1 aliphatic heterocycles. The molecule has 0 radical (unpaired) electrons. The zero-order valence-electron chi connectivity index (χ0n) is 20.0. The zero-order chi connectivity index (χ0) is 24.9. The highest BCUT2D eigenvalue weighted by Gasteiger charge is 2.26. The molecule has 0 aliphatic carbocycles. The van der Waals surface area contributed by atoms with Gasteiger partial charge in [-0.25, -0.2) is 4.98 Å². The van der Waals surface area contributed by atoms with Crippen LogP contribution in [0.1, 0.15) is 18.4 Å². The van der Waals surface area contributed by atoms with E-state index in [1.807, 2.05) is 0 Å². The van der Waals surface area contributed by atoms with Crippen molar-refractivity contribution in [1.82, 2.24) is 4.98 Å². The van der Waals surface area contributed by atoms with Crippen molar-refractivity contribution >= 4 is 50.3 Å². The van der Waals surface area contributed by atoms with Gasteiger partial charge in [-0.15, -0.1) is 0 Å². The Morgan fingerprint density at radius 1 is 1.14 bits per heavy atom. The minimum atomic E-state index is -0.233. The lowest BCUT2D eigenvalue weighted by Crippen LogP contribution is -2.36. The molecule has 0 N–H and O–H groups in total. The summed E-state index contributed by atoms with van der Waals surface area (Å²) in [5.41, 5.74) is 1.35. The minimum absolute atomic E-state index is 0.0575. The molecular formula is C25H27ClN2O6S. The van der Waals surface area contributed by atoms with Gasteiger partial charge in [-0.05, 0) is 48.7 Å². The number of aromatic nitrogens is 1. The van der Waals surface area contributed by atoms with E-state index in [2.05, 4.69) is 0 Å². The van der Waals surface area contributed by atoms with Gasteiger partial charge in [-0.2, -0.15) is 0 Å². The Hall–Kier alpha value is -3.01. The molecule has 1 aromatic heterocycles. The van der Waals surface area contributed by atoms with Gasteiger partial charge in [0.2, 0.25) is 5.75 Å². The number of nitrogens with zero attached hydrogens (tertiary/aromatic N) is 2. The Morgan fingerprint density at radius 3 is 2.46 bits per heavy atom. The third kappa shape index (κ3) is 5.32. The summed E-state index contributed by atoms with van der Waals surface area (Å²) < 4.78 is 28.2. The number of benzene rings is 2. The van der Waals surface area contributed by atoms with Gasteiger partial charge in [0.05, 0.1) is 50.8 Å². The summed E-state index contributed by atoms with van der Waals surface area (Å²) >= 11 is 7.76. The number of fused-ring (bicyclic) bond motifs is 1. The Morgan fingerprint density at radius 2 is 1.86 bits per heavy atom. The van der Waals surface area contributed by atoms with Gasteiger partial charge in [0.25, 0.3) is 5.91 Å². The molecule has 35 heavy (non-hydrogen) atoms. The van der Waals surface area contributed by atoms with Crippen LogP contribution in [0.5, 0.6) is 23.0 Å². The van der Waals surface area contributed by atoms with Gasteiger partial charge < -0.3 is 23.7 Å². The van der Waals surface area contributed by atoms with Crippen molar-refractivity contribution < 1.29 is 28.5 Å². The van der Waals surface area contributed by atoms with Crippen LogP contribution in [0.4, 0.5) is 5.13 Å². The number of carbonyl (C=O) groups is 1. The van der Waals surface area contributed by atoms with E-state index in [0.717, 1.165) is 23.1 Å². The van der Waals surface area contributed by atoms with Gasteiger partial charge in [0.15, 0.2) is 16.6 Å². The molecule has 0 saturated carbocycles. The third-order valence-electron chi connectivity index (χ3n) is 5.68. The maximum absolute atomic E-state index is 13.5. The molecule has 4 rings (SSSR count). The molecule has 186 valence electrons. The van der Waals surface area contributed by atoms with Crippen LogP contribution < -0.4 is 23.8 Å². The molecule has 3 aromatic rings. The molecule has 1 amide bonds. The predicted molar refractivity (Wildman–Crippen MR) is 138 cm³/mol. The first-order valence-electron chi connectivity index (χ1n) is 11.0. The smallest absolute Gasteiger partial charge is 0.252 e. The number of methoxy groups -OCH3 is 4. The summed E-state index contributed by atoms with van der Waals surface area (Å²) in [6.07, 6.45) is 5.00. The molecule has 2 aromatic carbocycles. The second-order valence-corrected chi connectivity index (χ2v) is 9.18. The normalized spacial score (nSPS) is 15.5. The van der Waals surface area contributed by atoms with E-state index in [-0.39, 0.29) is 12.0 Å². The molecule has 0 bridgehead atoms. The van der Waals surface area contributed by atoms with Crippen molar-refractivity contribution in [3.63, 3.8) is 0 Å². The van der Waals surface area contributed by atoms with Crippen LogP contribution in [0, 0.1) is 0 Å². The lowest BCUT2D eigenvalue weighted by Gasteiger charge is -2.21. The summed E-state index contributed by atoms with van der Waals surface area (Å²) in [6.45, 7) is 1.08. The summed E-state index contributed by atoms with van der Waals surface area (Å²) in [5.74, 6) is 1.86. The van der Waals surface area contributed by atoms with E-state index in [4.69, 9.17) is 40.3 Å². The van der Waals surface area contributed by atoms with E-state index >= 15 is 0 Å². The third-order valence-corrected chi connectivity index (χ3v) is 7.22. The van der Waals surface area contributed by atoms with Crippen LogP contribution in [-0.2, 0) is 9.53 Å². The fraction of sp³-hybridized carbons (Fsp3) is 0.360. The first-order valence-corrected chi connectivity index (χ1v) is 12.2. The fourth-order valence-electron chi connectivity index (χ4n) is 3.93. The standard InChI is InChI=1S/C25H27ClN2O6S/c1-30-18-9-8-17(26)24-22(18)27-25(35-24)28(14-16-6-5-11-34-16)21(29)10-7-15-12-19(31-2)23(33-4)20(13-15)32-3/h7-10,12-13,16H,5-6,11,14H2,1-4H3/b10-7+. The van der Waals surface area contributed by atoms with Crippen molar-refractivity contribution in [3.05, 3.63) is 40.9 Å². The summed E-state index contributed by atoms with van der Waals surface area (Å²) in [6, 6.07) is 7.09. The van der Waals surface area contributed by atoms with Crippen LogP contribution in [0.25, 0.3) is 16.3 Å². The first-order chi connectivity index (χ1) is 17.0. The van der Waals surface area contributed by atoms with Gasteiger partial charge >= 0.3 is 0 Å². The number of ether oxygens (including phenoxy) is 5. The molecule has 1 atom stereocenters. The highest BCUT2D eigenvalue weighted by atomic mass is 35.5. The number of carbonyl (C=O) groups excluding carboxylic acids is 1. The largest absolute Gasteiger partial charge is 0.494 e. The lowest BCUT2D eigenvalue weighted by molar-refractivity contribution is -0.114. The van der Waals surface area contributed by atoms with Crippen molar-refractivity contribution in [3.8, 4) is 23.0 Å². The van der Waals surface area contributed by atoms with E-state index in [1.54, 1.807) is 63.7 Å². The average molecular weight is 519 g/mol. The van der Waals surface area contributed by atoms with Crippen molar-refractivity contribution in [2.24, 2.45) is 0 Å². The number of hydrogen-bond acceptors (Lipinski definition) is 8. The molecule has 1 aliphatic rings. The molecule has 1 fully saturated rings. The monoisotopic (exact) mass is 518 g/mol. The molecule has 8 nitrogen and oxygen atoms in total. The first kappa shape index (κ1) is 25.1. The maximum Gasteiger partial charge on any atom is 0.252 e. The van der Waals surface area contributed by atoms with Crippen LogP contribution >= 0.6 is 22.9 Å². The molecule has 1 saturated heterocycles. The van der Waals surface area contributed by atoms with E-state index in [9.17, 15) is 4.79 Å². The van der Waals surface area contributed by atoms with Gasteiger partial charge in [0, 0.05) is 12.7 Å². The number of rotatable bonds is 9. The second-order valence-electron chi connectivity index (χ2n) is 7.80. The van der Waals surface area contributed by atoms with Crippen molar-refractivity contribution in [2.45, 2.75) is 18.9 Å². The number of hydrogen-bond donors (Lipinski definition) is 0. The SMILES string of the molecule is COc1cc(/C=C/C(=O)N(CC2CCCO2)c2nc3c(OC)ccc(Cl)c3s2)cc(OC)c1OC. The Balaban J connectivity index is 1.68. The molecule has 10 heteroatoms. The lowest BCUT2D eigenvalue weighted by atomic mass is 10.1. The van der Waals surface area contributed by atoms with Crippen LogP contribution in [0.3, 0.4) is 0 Å². The average Bonchev–Trinajstić information content (AvgIpc) is 3.56. The van der Waals surface area contributed by atoms with Gasteiger partial charge in [0.1, 0.15) is 11.3 Å². The van der Waals surface area contributed by atoms with Crippen molar-refractivity contribution in [1.29, 1.82) is 0 Å². The van der Waals surface area contributed by atoms with E-state index in [0.29, 0.717) is 51.8 Å². The number of anilines is 1. The summed E-state index contributed by atoms with van der Waals surface area (Å²) in [5, 5.41) is 1.09. The molecule has 0 spiro atoms. The quantitative estimate of drug-likeness (QED) is 0.360. The Labute approximate surface area is 213 Å². The fourth-order valence-corrected chi connectivity index (χ4v) is 5.20. The van der Waals surface area contributed by atoms with Crippen LogP contribution in [-0.4, -0.2) is 58.6 Å². The number of amides is 1. The van der Waals surface area contributed by atoms with E-state index in [1.165, 1.54) is 17.4 Å². The summed E-state index contributed by atoms with van der Waals surface area (Å²) in [7, 11) is 6.22. The van der Waals surface area contributed by atoms with Crippen LogP contribution in [0.2, 0.25) is 5.02 Å². The van der Waals surface area contributed by atoms with Crippen LogP contribution in [0.15, 0.2) is 30.3 Å². The molecule has 2 heterocycles. The maximum atomic E-state index is 13.5. The molecular weight excluding hydrogens is 492 g/mol. The van der Waals surface area contributed by atoms with E-state index < -0.39 is 0 Å². The minimum Gasteiger partial charge on any atom is -0.494 e. The zero-order valence-corrected chi connectivity index (χ0v) is 21.6. The predicted octanol–water partition coefficient (Wildman–Crippen LogP) is 5.21. The van der Waals surface area contributed by atoms with Gasteiger partial charge in [-0.1, -0.05) is 22.9 Å². The molecule has 1 unspecified atom stereocenters. The number of halogens is 1. The second kappa shape index (κ2) is 11.2.